The highest BCUT2D eigenvalue weighted by molar-refractivity contribution is 5.76. The number of amides is 1. The maximum atomic E-state index is 12.3. The molecule has 2 aliphatic rings. The fraction of sp³-hybridized carbons (Fsp3) is 0.632. The van der Waals surface area contributed by atoms with Crippen molar-refractivity contribution in [3.8, 4) is 0 Å². The molecule has 0 radical (unpaired) electrons. The van der Waals surface area contributed by atoms with E-state index in [1.54, 1.807) is 0 Å². The molecule has 2 bridgehead atoms. The van der Waals surface area contributed by atoms with Crippen molar-refractivity contribution in [3.05, 3.63) is 35.4 Å². The predicted molar refractivity (Wildman–Crippen MR) is 89.8 cm³/mol. The highest BCUT2D eigenvalue weighted by Crippen LogP contribution is 2.32. The van der Waals surface area contributed by atoms with Crippen LogP contribution in [0, 0.1) is 12.8 Å². The summed E-state index contributed by atoms with van der Waals surface area (Å²) in [7, 11) is 0. The van der Waals surface area contributed by atoms with Gasteiger partial charge in [-0.15, -0.1) is 0 Å². The van der Waals surface area contributed by atoms with Crippen LogP contribution in [-0.2, 0) is 11.2 Å². The van der Waals surface area contributed by atoms with Gasteiger partial charge in [-0.1, -0.05) is 24.3 Å². The van der Waals surface area contributed by atoms with E-state index in [9.17, 15) is 4.79 Å². The molecule has 120 valence electrons. The Morgan fingerprint density at radius 2 is 1.95 bits per heavy atom. The van der Waals surface area contributed by atoms with Crippen LogP contribution in [-0.4, -0.2) is 24.0 Å². The lowest BCUT2D eigenvalue weighted by Crippen LogP contribution is -2.41. The predicted octanol–water partition coefficient (Wildman–Crippen LogP) is 2.96. The maximum Gasteiger partial charge on any atom is 0.220 e. The molecule has 1 aromatic carbocycles. The number of piperidine rings is 1. The molecule has 2 saturated heterocycles. The molecular weight excluding hydrogens is 272 g/mol. The minimum atomic E-state index is 0.201. The summed E-state index contributed by atoms with van der Waals surface area (Å²) in [6.45, 7) is 4.24. The first-order chi connectivity index (χ1) is 10.6. The Bertz CT molecular complexity index is 516. The summed E-state index contributed by atoms with van der Waals surface area (Å²) in [5, 5.41) is 6.84. The lowest BCUT2D eigenvalue weighted by atomic mass is 9.89. The van der Waals surface area contributed by atoms with Crippen LogP contribution in [0.1, 0.15) is 50.2 Å². The average molecular weight is 300 g/mol. The molecule has 1 amide bonds. The number of hydrogen-bond acceptors (Lipinski definition) is 2. The number of benzene rings is 1. The van der Waals surface area contributed by atoms with Crippen molar-refractivity contribution in [1.82, 2.24) is 10.6 Å². The standard InChI is InChI=1S/C19H28N2O/c1-13-5-3-4-6-16(13)9-14(2)20-19(22)12-15-10-17-7-8-18(11-15)21-17/h3-6,14-15,17-18,21H,7-12H2,1-2H3,(H,20,22). The normalized spacial score (nSPS) is 28.4. The van der Waals surface area contributed by atoms with Crippen LogP contribution in [0.2, 0.25) is 0 Å². The minimum Gasteiger partial charge on any atom is -0.353 e. The van der Waals surface area contributed by atoms with Gasteiger partial charge in [0.1, 0.15) is 0 Å². The second kappa shape index (κ2) is 6.82. The van der Waals surface area contributed by atoms with Crippen molar-refractivity contribution in [1.29, 1.82) is 0 Å². The van der Waals surface area contributed by atoms with Gasteiger partial charge in [-0.25, -0.2) is 0 Å². The zero-order valence-electron chi connectivity index (χ0n) is 13.8. The highest BCUT2D eigenvalue weighted by Gasteiger charge is 2.34. The molecule has 0 saturated carbocycles. The van der Waals surface area contributed by atoms with Gasteiger partial charge in [0.15, 0.2) is 0 Å². The summed E-state index contributed by atoms with van der Waals surface area (Å²) in [6.07, 6.45) is 6.56. The van der Waals surface area contributed by atoms with Crippen LogP contribution < -0.4 is 10.6 Å². The van der Waals surface area contributed by atoms with E-state index in [0.29, 0.717) is 24.4 Å². The van der Waals surface area contributed by atoms with Crippen molar-refractivity contribution < 1.29 is 4.79 Å². The number of rotatable bonds is 5. The van der Waals surface area contributed by atoms with Crippen molar-refractivity contribution in [2.75, 3.05) is 0 Å². The minimum absolute atomic E-state index is 0.201. The van der Waals surface area contributed by atoms with E-state index >= 15 is 0 Å². The van der Waals surface area contributed by atoms with E-state index in [2.05, 4.69) is 48.7 Å². The fourth-order valence-corrected chi connectivity index (χ4v) is 4.16. The Hall–Kier alpha value is -1.35. The van der Waals surface area contributed by atoms with Crippen molar-refractivity contribution in [3.63, 3.8) is 0 Å². The fourth-order valence-electron chi connectivity index (χ4n) is 4.16. The number of nitrogens with one attached hydrogen (secondary N) is 2. The van der Waals surface area contributed by atoms with Gasteiger partial charge in [0, 0.05) is 24.5 Å². The van der Waals surface area contributed by atoms with Crippen LogP contribution in [0.15, 0.2) is 24.3 Å². The Kier molecular flexibility index (Phi) is 4.82. The smallest absolute Gasteiger partial charge is 0.220 e. The Balaban J connectivity index is 1.46. The Morgan fingerprint density at radius 3 is 2.64 bits per heavy atom. The van der Waals surface area contributed by atoms with Crippen LogP contribution in [0.5, 0.6) is 0 Å². The third-order valence-corrected chi connectivity index (χ3v) is 5.24. The number of fused-ring (bicyclic) bond motifs is 2. The Labute approximate surface area is 133 Å². The molecule has 22 heavy (non-hydrogen) atoms. The van der Waals surface area contributed by atoms with Gasteiger partial charge in [0.05, 0.1) is 0 Å². The van der Waals surface area contributed by atoms with Gasteiger partial charge < -0.3 is 10.6 Å². The van der Waals surface area contributed by atoms with E-state index in [4.69, 9.17) is 0 Å². The molecule has 3 heteroatoms. The first-order valence-corrected chi connectivity index (χ1v) is 8.70. The molecule has 0 spiro atoms. The van der Waals surface area contributed by atoms with Gasteiger partial charge in [-0.3, -0.25) is 4.79 Å². The Morgan fingerprint density at radius 1 is 1.27 bits per heavy atom. The van der Waals surface area contributed by atoms with E-state index < -0.39 is 0 Å². The summed E-state index contributed by atoms with van der Waals surface area (Å²) >= 11 is 0. The summed E-state index contributed by atoms with van der Waals surface area (Å²) < 4.78 is 0. The maximum absolute atomic E-state index is 12.3. The van der Waals surface area contributed by atoms with E-state index in [-0.39, 0.29) is 11.9 Å². The van der Waals surface area contributed by atoms with Gasteiger partial charge >= 0.3 is 0 Å². The molecule has 1 aromatic rings. The van der Waals surface area contributed by atoms with Gasteiger partial charge in [0.2, 0.25) is 5.91 Å². The molecule has 3 rings (SSSR count). The number of aryl methyl sites for hydroxylation is 1. The van der Waals surface area contributed by atoms with Crippen molar-refractivity contribution in [2.24, 2.45) is 5.92 Å². The number of hydrogen-bond donors (Lipinski definition) is 2. The third kappa shape index (κ3) is 3.89. The molecule has 3 atom stereocenters. The SMILES string of the molecule is Cc1ccccc1CC(C)NC(=O)CC1CC2CCC(C1)N2. The first-order valence-electron chi connectivity index (χ1n) is 8.70. The summed E-state index contributed by atoms with van der Waals surface area (Å²) in [6, 6.07) is 9.96. The van der Waals surface area contributed by atoms with E-state index in [0.717, 1.165) is 6.42 Å². The lowest BCUT2D eigenvalue weighted by Gasteiger charge is -2.29. The van der Waals surface area contributed by atoms with Crippen LogP contribution in [0.3, 0.4) is 0 Å². The second-order valence-electron chi connectivity index (χ2n) is 7.28. The molecule has 0 aliphatic carbocycles. The average Bonchev–Trinajstić information content (AvgIpc) is 2.80. The van der Waals surface area contributed by atoms with Gasteiger partial charge in [-0.05, 0) is 63.0 Å². The summed E-state index contributed by atoms with van der Waals surface area (Å²) in [5.74, 6) is 0.803. The molecule has 3 nitrogen and oxygen atoms in total. The van der Waals surface area contributed by atoms with Crippen molar-refractivity contribution >= 4 is 5.91 Å². The van der Waals surface area contributed by atoms with Crippen LogP contribution in [0.25, 0.3) is 0 Å². The molecule has 2 fully saturated rings. The molecule has 3 unspecified atom stereocenters. The topological polar surface area (TPSA) is 41.1 Å². The van der Waals surface area contributed by atoms with Crippen molar-refractivity contribution in [2.45, 2.75) is 70.5 Å². The molecule has 2 aliphatic heterocycles. The zero-order valence-corrected chi connectivity index (χ0v) is 13.8. The molecule has 2 heterocycles. The largest absolute Gasteiger partial charge is 0.353 e. The van der Waals surface area contributed by atoms with Gasteiger partial charge in [0.25, 0.3) is 0 Å². The van der Waals surface area contributed by atoms with Crippen LogP contribution >= 0.6 is 0 Å². The molecular formula is C19H28N2O. The third-order valence-electron chi connectivity index (χ3n) is 5.24. The summed E-state index contributed by atoms with van der Waals surface area (Å²) in [5.41, 5.74) is 2.63. The zero-order chi connectivity index (χ0) is 15.5. The summed E-state index contributed by atoms with van der Waals surface area (Å²) in [4.78, 5) is 12.3. The first kappa shape index (κ1) is 15.5. The second-order valence-corrected chi connectivity index (χ2v) is 7.28. The number of carbonyl (C=O) groups is 1. The molecule has 0 aromatic heterocycles. The van der Waals surface area contributed by atoms with E-state index in [1.807, 2.05) is 0 Å². The monoisotopic (exact) mass is 300 g/mol. The highest BCUT2D eigenvalue weighted by atomic mass is 16.1. The lowest BCUT2D eigenvalue weighted by molar-refractivity contribution is -0.122. The quantitative estimate of drug-likeness (QED) is 0.878. The number of carbonyl (C=O) groups excluding carboxylic acids is 1. The van der Waals surface area contributed by atoms with Gasteiger partial charge in [-0.2, -0.15) is 0 Å². The van der Waals surface area contributed by atoms with E-state index in [1.165, 1.54) is 36.8 Å². The molecule has 2 N–H and O–H groups in total. The van der Waals surface area contributed by atoms with Crippen LogP contribution in [0.4, 0.5) is 0 Å².